The Morgan fingerprint density at radius 1 is 1.29 bits per heavy atom. The fraction of sp³-hybridized carbons (Fsp3) is 0.0769. The summed E-state index contributed by atoms with van der Waals surface area (Å²) in [5, 5.41) is 22.6. The molecule has 0 spiro atoms. The number of nitrogens with zero attached hydrogens (tertiary/aromatic N) is 1. The summed E-state index contributed by atoms with van der Waals surface area (Å²) < 4.78 is 26.8. The van der Waals surface area contributed by atoms with E-state index in [1.54, 1.807) is 0 Å². The van der Waals surface area contributed by atoms with Crippen molar-refractivity contribution in [2.24, 2.45) is 0 Å². The predicted molar refractivity (Wildman–Crippen MR) is 73.5 cm³/mol. The highest BCUT2D eigenvalue weighted by molar-refractivity contribution is 6.32. The average Bonchev–Trinajstić information content (AvgIpc) is 2.43. The van der Waals surface area contributed by atoms with Crippen molar-refractivity contribution in [1.82, 2.24) is 0 Å². The second-order valence-corrected chi connectivity index (χ2v) is 4.56. The molecule has 110 valence electrons. The lowest BCUT2D eigenvalue weighted by Crippen LogP contribution is -2.06. The third-order valence-corrected chi connectivity index (χ3v) is 3.05. The summed E-state index contributed by atoms with van der Waals surface area (Å²) in [5.41, 5.74) is -0.571. The highest BCUT2D eigenvalue weighted by atomic mass is 35.5. The van der Waals surface area contributed by atoms with Crippen LogP contribution in [0.3, 0.4) is 0 Å². The van der Waals surface area contributed by atoms with Crippen LogP contribution in [0, 0.1) is 21.7 Å². The van der Waals surface area contributed by atoms with E-state index < -0.39 is 27.9 Å². The molecule has 0 fully saturated rings. The molecule has 0 aliphatic rings. The van der Waals surface area contributed by atoms with Gasteiger partial charge in [-0.3, -0.25) is 10.1 Å². The topological polar surface area (TPSA) is 75.4 Å². The number of hydrogen-bond acceptors (Lipinski definition) is 4. The highest BCUT2D eigenvalue weighted by Crippen LogP contribution is 2.30. The molecule has 0 radical (unpaired) electrons. The first-order valence-corrected chi connectivity index (χ1v) is 6.11. The summed E-state index contributed by atoms with van der Waals surface area (Å²) in [7, 11) is 0. The molecule has 0 saturated heterocycles. The van der Waals surface area contributed by atoms with Gasteiger partial charge in [-0.25, -0.2) is 8.78 Å². The Labute approximate surface area is 122 Å². The molecule has 2 aromatic carbocycles. The van der Waals surface area contributed by atoms with Crippen molar-refractivity contribution in [3.63, 3.8) is 0 Å². The molecule has 2 aromatic rings. The van der Waals surface area contributed by atoms with Gasteiger partial charge in [0.25, 0.3) is 5.69 Å². The lowest BCUT2D eigenvalue weighted by molar-refractivity contribution is -0.384. The Balaban J connectivity index is 2.28. The molecule has 8 heteroatoms. The fourth-order valence-electron chi connectivity index (χ4n) is 1.71. The second-order valence-electron chi connectivity index (χ2n) is 4.15. The molecule has 0 aliphatic carbocycles. The van der Waals surface area contributed by atoms with Gasteiger partial charge in [0.2, 0.25) is 0 Å². The Morgan fingerprint density at radius 3 is 2.62 bits per heavy atom. The van der Waals surface area contributed by atoms with E-state index in [0.29, 0.717) is 11.6 Å². The third kappa shape index (κ3) is 3.19. The van der Waals surface area contributed by atoms with Crippen LogP contribution >= 0.6 is 11.6 Å². The van der Waals surface area contributed by atoms with Gasteiger partial charge in [0.1, 0.15) is 5.75 Å². The molecule has 0 atom stereocenters. The largest absolute Gasteiger partial charge is 0.506 e. The average molecular weight is 315 g/mol. The van der Waals surface area contributed by atoms with Crippen molar-refractivity contribution in [2.45, 2.75) is 6.54 Å². The van der Waals surface area contributed by atoms with E-state index in [1.165, 1.54) is 18.2 Å². The van der Waals surface area contributed by atoms with Gasteiger partial charge in [-0.2, -0.15) is 0 Å². The molecule has 0 aromatic heterocycles. The number of benzene rings is 2. The number of hydrogen-bond donors (Lipinski definition) is 2. The minimum atomic E-state index is -1.32. The lowest BCUT2D eigenvalue weighted by atomic mass is 10.2. The standard InChI is InChI=1S/C13H9ClF2N2O3/c14-8-5-7(1-4-11(8)19)6-17-13-10(18(20)21)3-2-9(15)12(13)16/h1-5,17,19H,6H2. The van der Waals surface area contributed by atoms with Crippen molar-refractivity contribution >= 4 is 23.0 Å². The predicted octanol–water partition coefficient (Wildman–Crippen LogP) is 3.84. The van der Waals surface area contributed by atoms with Gasteiger partial charge in [0.15, 0.2) is 17.3 Å². The monoisotopic (exact) mass is 314 g/mol. The van der Waals surface area contributed by atoms with E-state index in [2.05, 4.69) is 5.32 Å². The van der Waals surface area contributed by atoms with Crippen LogP contribution in [0.15, 0.2) is 30.3 Å². The fourth-order valence-corrected chi connectivity index (χ4v) is 1.91. The van der Waals surface area contributed by atoms with Crippen LogP contribution in [-0.2, 0) is 6.54 Å². The van der Waals surface area contributed by atoms with Gasteiger partial charge in [-0.1, -0.05) is 17.7 Å². The number of nitro groups is 1. The van der Waals surface area contributed by atoms with E-state index in [-0.39, 0.29) is 17.3 Å². The molecule has 0 amide bonds. The molecule has 0 bridgehead atoms. The first-order valence-electron chi connectivity index (χ1n) is 5.74. The van der Waals surface area contributed by atoms with Gasteiger partial charge in [0, 0.05) is 12.6 Å². The zero-order chi connectivity index (χ0) is 15.6. The molecule has 21 heavy (non-hydrogen) atoms. The quantitative estimate of drug-likeness (QED) is 0.664. The maximum absolute atomic E-state index is 13.7. The van der Waals surface area contributed by atoms with Crippen LogP contribution in [0.1, 0.15) is 5.56 Å². The van der Waals surface area contributed by atoms with Crippen molar-refractivity contribution in [3.05, 3.63) is 62.7 Å². The molecular weight excluding hydrogens is 306 g/mol. The van der Waals surface area contributed by atoms with Gasteiger partial charge in [0.05, 0.1) is 9.95 Å². The summed E-state index contributed by atoms with van der Waals surface area (Å²) in [6, 6.07) is 5.81. The number of halogens is 3. The number of anilines is 1. The van der Waals surface area contributed by atoms with Crippen LogP contribution in [0.2, 0.25) is 5.02 Å². The van der Waals surface area contributed by atoms with Gasteiger partial charge in [-0.15, -0.1) is 0 Å². The molecule has 2 N–H and O–H groups in total. The number of nitrogens with one attached hydrogen (secondary N) is 1. The molecule has 0 heterocycles. The molecule has 0 saturated carbocycles. The SMILES string of the molecule is O=[N+]([O-])c1ccc(F)c(F)c1NCc1ccc(O)c(Cl)c1. The first kappa shape index (κ1) is 15.0. The first-order chi connectivity index (χ1) is 9.90. The van der Waals surface area contributed by atoms with Crippen LogP contribution in [0.25, 0.3) is 0 Å². The number of aromatic hydroxyl groups is 1. The van der Waals surface area contributed by atoms with Crippen LogP contribution in [0.5, 0.6) is 5.75 Å². The van der Waals surface area contributed by atoms with E-state index in [0.717, 1.165) is 6.07 Å². The Morgan fingerprint density at radius 2 is 2.00 bits per heavy atom. The molecule has 0 aliphatic heterocycles. The van der Waals surface area contributed by atoms with Crippen LogP contribution in [0.4, 0.5) is 20.2 Å². The maximum Gasteiger partial charge on any atom is 0.295 e. The highest BCUT2D eigenvalue weighted by Gasteiger charge is 2.21. The van der Waals surface area contributed by atoms with Crippen LogP contribution < -0.4 is 5.32 Å². The minimum Gasteiger partial charge on any atom is -0.506 e. The van der Waals surface area contributed by atoms with Crippen molar-refractivity contribution < 1.29 is 18.8 Å². The molecular formula is C13H9ClF2N2O3. The number of phenols is 1. The van der Waals surface area contributed by atoms with E-state index in [9.17, 15) is 24.0 Å². The summed E-state index contributed by atoms with van der Waals surface area (Å²) >= 11 is 5.71. The maximum atomic E-state index is 13.7. The Kier molecular flexibility index (Phi) is 4.23. The number of nitro benzene ring substituents is 1. The molecule has 2 rings (SSSR count). The summed E-state index contributed by atoms with van der Waals surface area (Å²) in [6.45, 7) is -0.0266. The zero-order valence-electron chi connectivity index (χ0n) is 10.4. The van der Waals surface area contributed by atoms with E-state index >= 15 is 0 Å². The summed E-state index contributed by atoms with van der Waals surface area (Å²) in [6.07, 6.45) is 0. The smallest absolute Gasteiger partial charge is 0.295 e. The van der Waals surface area contributed by atoms with Crippen molar-refractivity contribution in [2.75, 3.05) is 5.32 Å². The normalized spacial score (nSPS) is 10.4. The van der Waals surface area contributed by atoms with E-state index in [1.807, 2.05) is 0 Å². The number of rotatable bonds is 4. The molecule has 5 nitrogen and oxygen atoms in total. The zero-order valence-corrected chi connectivity index (χ0v) is 11.2. The Bertz CT molecular complexity index is 710. The van der Waals surface area contributed by atoms with Gasteiger partial charge >= 0.3 is 0 Å². The van der Waals surface area contributed by atoms with Crippen LogP contribution in [-0.4, -0.2) is 10.0 Å². The van der Waals surface area contributed by atoms with Gasteiger partial charge in [-0.05, 0) is 23.8 Å². The minimum absolute atomic E-state index is 0.0266. The van der Waals surface area contributed by atoms with Crippen molar-refractivity contribution in [1.29, 1.82) is 0 Å². The lowest BCUT2D eigenvalue weighted by Gasteiger charge is -2.09. The summed E-state index contributed by atoms with van der Waals surface area (Å²) in [5.74, 6) is -2.63. The number of phenolic OH excluding ortho intramolecular Hbond substituents is 1. The summed E-state index contributed by atoms with van der Waals surface area (Å²) in [4.78, 5) is 10.0. The van der Waals surface area contributed by atoms with Crippen molar-refractivity contribution in [3.8, 4) is 5.75 Å². The Hall–Kier alpha value is -2.41. The molecule has 0 unspecified atom stereocenters. The van der Waals surface area contributed by atoms with E-state index in [4.69, 9.17) is 11.6 Å². The third-order valence-electron chi connectivity index (χ3n) is 2.75. The second kappa shape index (κ2) is 5.92. The van der Waals surface area contributed by atoms with Gasteiger partial charge < -0.3 is 10.4 Å².